The third kappa shape index (κ3) is 3.04. The van der Waals surface area contributed by atoms with E-state index in [1.54, 1.807) is 17.7 Å². The molecule has 2 aromatic heterocycles. The molecule has 4 aromatic rings. The Kier molecular flexibility index (Phi) is 4.27. The SMILES string of the molecule is C=CCNc1ncnc2scc(-c3ccc(-c4ccccc4)cc3)c12. The summed E-state index contributed by atoms with van der Waals surface area (Å²) in [6.45, 7) is 4.43. The molecule has 0 bridgehead atoms. The summed E-state index contributed by atoms with van der Waals surface area (Å²) < 4.78 is 0. The largest absolute Gasteiger partial charge is 0.366 e. The highest BCUT2D eigenvalue weighted by Crippen LogP contribution is 2.37. The van der Waals surface area contributed by atoms with Crippen LogP contribution in [-0.2, 0) is 0 Å². The van der Waals surface area contributed by atoms with Crippen molar-refractivity contribution < 1.29 is 0 Å². The van der Waals surface area contributed by atoms with E-state index in [4.69, 9.17) is 0 Å². The van der Waals surface area contributed by atoms with E-state index in [-0.39, 0.29) is 0 Å². The van der Waals surface area contributed by atoms with Gasteiger partial charge in [-0.2, -0.15) is 0 Å². The lowest BCUT2D eigenvalue weighted by molar-refractivity contribution is 1.19. The van der Waals surface area contributed by atoms with Crippen LogP contribution in [0.25, 0.3) is 32.5 Å². The van der Waals surface area contributed by atoms with E-state index in [2.05, 4.69) is 75.8 Å². The first kappa shape index (κ1) is 15.5. The van der Waals surface area contributed by atoms with E-state index in [9.17, 15) is 0 Å². The molecular weight excluding hydrogens is 326 g/mol. The maximum Gasteiger partial charge on any atom is 0.139 e. The summed E-state index contributed by atoms with van der Waals surface area (Å²) in [7, 11) is 0. The zero-order valence-corrected chi connectivity index (χ0v) is 14.5. The molecule has 0 spiro atoms. The lowest BCUT2D eigenvalue weighted by Gasteiger charge is -2.07. The summed E-state index contributed by atoms with van der Waals surface area (Å²) in [6, 6.07) is 19.0. The third-order valence-corrected chi connectivity index (χ3v) is 4.97. The van der Waals surface area contributed by atoms with Gasteiger partial charge in [0.15, 0.2) is 0 Å². The van der Waals surface area contributed by atoms with Gasteiger partial charge in [0.25, 0.3) is 0 Å². The molecule has 2 heterocycles. The van der Waals surface area contributed by atoms with Crippen molar-refractivity contribution in [1.29, 1.82) is 0 Å². The van der Waals surface area contributed by atoms with Crippen LogP contribution in [0.4, 0.5) is 5.82 Å². The Morgan fingerprint density at radius 3 is 2.40 bits per heavy atom. The van der Waals surface area contributed by atoms with Gasteiger partial charge < -0.3 is 5.32 Å². The van der Waals surface area contributed by atoms with Gasteiger partial charge in [0, 0.05) is 17.5 Å². The van der Waals surface area contributed by atoms with Gasteiger partial charge in [0.05, 0.1) is 5.39 Å². The molecule has 122 valence electrons. The highest BCUT2D eigenvalue weighted by atomic mass is 32.1. The van der Waals surface area contributed by atoms with Gasteiger partial charge in [-0.05, 0) is 16.7 Å². The fourth-order valence-corrected chi connectivity index (χ4v) is 3.78. The van der Waals surface area contributed by atoms with E-state index in [1.165, 1.54) is 16.7 Å². The van der Waals surface area contributed by atoms with E-state index < -0.39 is 0 Å². The summed E-state index contributed by atoms with van der Waals surface area (Å²) in [5.41, 5.74) is 4.76. The Hall–Kier alpha value is -2.98. The predicted molar refractivity (Wildman–Crippen MR) is 107 cm³/mol. The van der Waals surface area contributed by atoms with E-state index >= 15 is 0 Å². The summed E-state index contributed by atoms with van der Waals surface area (Å²) in [5.74, 6) is 0.855. The molecule has 0 unspecified atom stereocenters. The van der Waals surface area contributed by atoms with Crippen molar-refractivity contribution >= 4 is 27.4 Å². The minimum atomic E-state index is 0.675. The molecule has 0 saturated carbocycles. The summed E-state index contributed by atoms with van der Waals surface area (Å²) >= 11 is 1.64. The normalized spacial score (nSPS) is 10.7. The Bertz CT molecular complexity index is 1000. The quantitative estimate of drug-likeness (QED) is 0.478. The Labute approximate surface area is 150 Å². The molecule has 0 fully saturated rings. The van der Waals surface area contributed by atoms with Gasteiger partial charge in [-0.15, -0.1) is 17.9 Å². The van der Waals surface area contributed by atoms with Crippen molar-refractivity contribution in [2.24, 2.45) is 0 Å². The Morgan fingerprint density at radius 1 is 0.920 bits per heavy atom. The van der Waals surface area contributed by atoms with Crippen LogP contribution in [0.5, 0.6) is 0 Å². The summed E-state index contributed by atoms with van der Waals surface area (Å²) in [4.78, 5) is 9.80. The molecule has 0 atom stereocenters. The highest BCUT2D eigenvalue weighted by molar-refractivity contribution is 7.17. The van der Waals surface area contributed by atoms with Crippen molar-refractivity contribution in [3.63, 3.8) is 0 Å². The second kappa shape index (κ2) is 6.87. The van der Waals surface area contributed by atoms with Crippen molar-refractivity contribution in [3.05, 3.63) is 79.0 Å². The smallest absolute Gasteiger partial charge is 0.139 e. The minimum Gasteiger partial charge on any atom is -0.366 e. The van der Waals surface area contributed by atoms with Crippen LogP contribution in [0.2, 0.25) is 0 Å². The van der Waals surface area contributed by atoms with Crippen molar-refractivity contribution in [1.82, 2.24) is 9.97 Å². The van der Waals surface area contributed by atoms with Crippen LogP contribution in [0, 0.1) is 0 Å². The van der Waals surface area contributed by atoms with Crippen LogP contribution in [0.1, 0.15) is 0 Å². The van der Waals surface area contributed by atoms with Crippen molar-refractivity contribution in [3.8, 4) is 22.3 Å². The fraction of sp³-hybridized carbons (Fsp3) is 0.0476. The Balaban J connectivity index is 1.76. The number of benzene rings is 2. The van der Waals surface area contributed by atoms with Crippen molar-refractivity contribution in [2.45, 2.75) is 0 Å². The molecular formula is C21H17N3S. The summed E-state index contributed by atoms with van der Waals surface area (Å²) in [5, 5.41) is 6.53. The third-order valence-electron chi connectivity index (χ3n) is 4.09. The number of nitrogens with one attached hydrogen (secondary N) is 1. The first-order chi connectivity index (χ1) is 12.4. The molecule has 2 aromatic carbocycles. The standard InChI is InChI=1S/C21H17N3S/c1-2-12-22-20-19-18(13-25-21(19)24-14-23-20)17-10-8-16(9-11-17)15-6-4-3-5-7-15/h2-11,13-14H,1,12H2,(H,22,23,24). The number of nitrogens with zero attached hydrogens (tertiary/aromatic N) is 2. The van der Waals surface area contributed by atoms with Crippen LogP contribution in [0.3, 0.4) is 0 Å². The second-order valence-electron chi connectivity index (χ2n) is 5.66. The van der Waals surface area contributed by atoms with Gasteiger partial charge >= 0.3 is 0 Å². The first-order valence-corrected chi connectivity index (χ1v) is 8.97. The fourth-order valence-electron chi connectivity index (χ4n) is 2.86. The minimum absolute atomic E-state index is 0.675. The molecule has 4 rings (SSSR count). The number of aromatic nitrogens is 2. The first-order valence-electron chi connectivity index (χ1n) is 8.09. The van der Waals surface area contributed by atoms with E-state index in [0.29, 0.717) is 6.54 Å². The monoisotopic (exact) mass is 343 g/mol. The number of anilines is 1. The maximum absolute atomic E-state index is 4.40. The zero-order chi connectivity index (χ0) is 17.1. The molecule has 1 N–H and O–H groups in total. The number of rotatable bonds is 5. The number of fused-ring (bicyclic) bond motifs is 1. The molecule has 0 saturated heterocycles. The molecule has 3 nitrogen and oxygen atoms in total. The number of thiophene rings is 1. The second-order valence-corrected chi connectivity index (χ2v) is 6.52. The topological polar surface area (TPSA) is 37.8 Å². The van der Waals surface area contributed by atoms with Gasteiger partial charge in [0.1, 0.15) is 17.0 Å². The van der Waals surface area contributed by atoms with Crippen LogP contribution in [0.15, 0.2) is 79.0 Å². The maximum atomic E-state index is 4.40. The molecule has 25 heavy (non-hydrogen) atoms. The highest BCUT2D eigenvalue weighted by Gasteiger charge is 2.12. The predicted octanol–water partition coefficient (Wildman–Crippen LogP) is 5.62. The number of hydrogen-bond donors (Lipinski definition) is 1. The zero-order valence-electron chi connectivity index (χ0n) is 13.6. The van der Waals surface area contributed by atoms with Gasteiger partial charge in [-0.25, -0.2) is 9.97 Å². The molecule has 0 aliphatic carbocycles. The van der Waals surface area contributed by atoms with Crippen molar-refractivity contribution in [2.75, 3.05) is 11.9 Å². The average Bonchev–Trinajstić information content (AvgIpc) is 3.12. The van der Waals surface area contributed by atoms with Gasteiger partial charge in [-0.3, -0.25) is 0 Å². The molecule has 0 aliphatic heterocycles. The molecule has 0 aliphatic rings. The van der Waals surface area contributed by atoms with Crippen LogP contribution < -0.4 is 5.32 Å². The number of hydrogen-bond acceptors (Lipinski definition) is 4. The molecule has 0 radical (unpaired) electrons. The van der Waals surface area contributed by atoms with E-state index in [1.807, 2.05) is 12.1 Å². The van der Waals surface area contributed by atoms with Gasteiger partial charge in [0.2, 0.25) is 0 Å². The summed E-state index contributed by atoms with van der Waals surface area (Å²) in [6.07, 6.45) is 3.43. The van der Waals surface area contributed by atoms with Crippen LogP contribution in [-0.4, -0.2) is 16.5 Å². The Morgan fingerprint density at radius 2 is 1.64 bits per heavy atom. The molecule has 0 amide bonds. The van der Waals surface area contributed by atoms with E-state index in [0.717, 1.165) is 21.6 Å². The molecule has 4 heteroatoms. The van der Waals surface area contributed by atoms with Crippen LogP contribution >= 0.6 is 11.3 Å². The van der Waals surface area contributed by atoms with Gasteiger partial charge in [-0.1, -0.05) is 60.7 Å². The lowest BCUT2D eigenvalue weighted by Crippen LogP contribution is -2.01. The lowest BCUT2D eigenvalue weighted by atomic mass is 10.0. The average molecular weight is 343 g/mol.